The van der Waals surface area contributed by atoms with Gasteiger partial charge in [-0.3, -0.25) is 9.67 Å². The van der Waals surface area contributed by atoms with E-state index in [4.69, 9.17) is 4.74 Å². The van der Waals surface area contributed by atoms with Crippen LogP contribution < -0.4 is 10.6 Å². The number of rotatable bonds is 9. The van der Waals surface area contributed by atoms with Crippen molar-refractivity contribution in [3.8, 4) is 0 Å². The van der Waals surface area contributed by atoms with Gasteiger partial charge in [0.05, 0.1) is 12.7 Å². The summed E-state index contributed by atoms with van der Waals surface area (Å²) in [5.74, 6) is 0.838. The number of hydrogen-bond acceptors (Lipinski definition) is 3. The average molecular weight is 409 g/mol. The van der Waals surface area contributed by atoms with Crippen molar-refractivity contribution >= 4 is 29.9 Å². The lowest BCUT2D eigenvalue weighted by Gasteiger charge is -2.11. The van der Waals surface area contributed by atoms with E-state index in [0.29, 0.717) is 0 Å². The van der Waals surface area contributed by atoms with Crippen molar-refractivity contribution in [2.45, 2.75) is 33.2 Å². The zero-order chi connectivity index (χ0) is 14.6. The molecular formula is C14H28IN5O. The van der Waals surface area contributed by atoms with Gasteiger partial charge < -0.3 is 15.4 Å². The monoisotopic (exact) mass is 409 g/mol. The van der Waals surface area contributed by atoms with Crippen molar-refractivity contribution in [3.05, 3.63) is 18.0 Å². The molecule has 1 aromatic rings. The predicted octanol–water partition coefficient (Wildman–Crippen LogP) is 1.79. The summed E-state index contributed by atoms with van der Waals surface area (Å²) in [5.41, 5.74) is 1.18. The Kier molecular flexibility index (Phi) is 12.4. The summed E-state index contributed by atoms with van der Waals surface area (Å²) in [7, 11) is 1.79. The fourth-order valence-electron chi connectivity index (χ4n) is 1.78. The quantitative estimate of drug-likeness (QED) is 0.283. The molecule has 0 aromatic carbocycles. The third-order valence-electron chi connectivity index (χ3n) is 2.83. The molecule has 0 spiro atoms. The smallest absolute Gasteiger partial charge is 0.191 e. The number of ether oxygens (including phenoxy) is 1. The van der Waals surface area contributed by atoms with E-state index in [2.05, 4.69) is 20.7 Å². The molecule has 0 fully saturated rings. The highest BCUT2D eigenvalue weighted by atomic mass is 127. The van der Waals surface area contributed by atoms with E-state index < -0.39 is 0 Å². The number of hydrogen-bond donors (Lipinski definition) is 2. The van der Waals surface area contributed by atoms with Crippen LogP contribution in [0.4, 0.5) is 0 Å². The van der Waals surface area contributed by atoms with E-state index in [-0.39, 0.29) is 24.0 Å². The number of nitrogens with one attached hydrogen (secondary N) is 2. The summed E-state index contributed by atoms with van der Waals surface area (Å²) in [6.07, 6.45) is 6.06. The van der Waals surface area contributed by atoms with Crippen molar-refractivity contribution in [1.82, 2.24) is 20.4 Å². The minimum Gasteiger partial charge on any atom is -0.382 e. The van der Waals surface area contributed by atoms with Gasteiger partial charge in [0, 0.05) is 39.5 Å². The lowest BCUT2D eigenvalue weighted by molar-refractivity contribution is 0.143. The molecule has 1 aromatic heterocycles. The first-order chi connectivity index (χ1) is 9.76. The van der Waals surface area contributed by atoms with Crippen LogP contribution in [0.2, 0.25) is 0 Å². The highest BCUT2D eigenvalue weighted by molar-refractivity contribution is 14.0. The highest BCUT2D eigenvalue weighted by Gasteiger charge is 1.98. The number of guanidine groups is 1. The molecule has 0 amide bonds. The normalized spacial score (nSPS) is 11.1. The molecule has 0 atom stereocenters. The van der Waals surface area contributed by atoms with Crippen LogP contribution in [0.25, 0.3) is 0 Å². The first-order valence-electron chi connectivity index (χ1n) is 7.27. The number of unbranched alkanes of at least 4 members (excludes halogenated alkanes) is 1. The SMILES string of the molecule is CCOCCCCNC(=NC)NCCn1cc(C)cn1.I. The van der Waals surface area contributed by atoms with E-state index >= 15 is 0 Å². The zero-order valence-electron chi connectivity index (χ0n) is 13.3. The van der Waals surface area contributed by atoms with Crippen molar-refractivity contribution < 1.29 is 4.74 Å². The second-order valence-electron chi connectivity index (χ2n) is 4.61. The Bertz CT molecular complexity index is 394. The van der Waals surface area contributed by atoms with Gasteiger partial charge in [0.2, 0.25) is 0 Å². The Morgan fingerprint density at radius 1 is 1.33 bits per heavy atom. The molecule has 0 saturated carbocycles. The summed E-state index contributed by atoms with van der Waals surface area (Å²) in [6, 6.07) is 0. The lowest BCUT2D eigenvalue weighted by atomic mass is 10.3. The fraction of sp³-hybridized carbons (Fsp3) is 0.714. The first kappa shape index (κ1) is 20.2. The van der Waals surface area contributed by atoms with Gasteiger partial charge in [0.25, 0.3) is 0 Å². The molecule has 0 saturated heterocycles. The van der Waals surface area contributed by atoms with Crippen LogP contribution in [0.1, 0.15) is 25.3 Å². The van der Waals surface area contributed by atoms with Gasteiger partial charge >= 0.3 is 0 Å². The Morgan fingerprint density at radius 3 is 2.71 bits per heavy atom. The molecule has 7 heteroatoms. The molecule has 6 nitrogen and oxygen atoms in total. The Hall–Kier alpha value is -0.830. The molecule has 0 aliphatic rings. The molecule has 1 rings (SSSR count). The maximum Gasteiger partial charge on any atom is 0.191 e. The second kappa shape index (κ2) is 12.9. The van der Waals surface area contributed by atoms with Gasteiger partial charge in [-0.05, 0) is 32.3 Å². The van der Waals surface area contributed by atoms with Gasteiger partial charge in [-0.2, -0.15) is 5.10 Å². The van der Waals surface area contributed by atoms with Crippen molar-refractivity contribution in [3.63, 3.8) is 0 Å². The molecule has 0 aliphatic carbocycles. The van der Waals surface area contributed by atoms with Crippen molar-refractivity contribution in [1.29, 1.82) is 0 Å². The van der Waals surface area contributed by atoms with Gasteiger partial charge in [-0.25, -0.2) is 0 Å². The number of nitrogens with zero attached hydrogens (tertiary/aromatic N) is 3. The molecule has 1 heterocycles. The maximum atomic E-state index is 5.30. The summed E-state index contributed by atoms with van der Waals surface area (Å²) in [5, 5.41) is 10.8. The molecule has 0 unspecified atom stereocenters. The minimum absolute atomic E-state index is 0. The van der Waals surface area contributed by atoms with E-state index in [1.165, 1.54) is 5.56 Å². The molecule has 122 valence electrons. The summed E-state index contributed by atoms with van der Waals surface area (Å²) < 4.78 is 7.23. The van der Waals surface area contributed by atoms with Crippen molar-refractivity contribution in [2.24, 2.45) is 4.99 Å². The molecule has 21 heavy (non-hydrogen) atoms. The van der Waals surface area contributed by atoms with E-state index in [1.54, 1.807) is 7.05 Å². The zero-order valence-corrected chi connectivity index (χ0v) is 15.6. The Balaban J connectivity index is 0.00000400. The van der Waals surface area contributed by atoms with E-state index in [9.17, 15) is 0 Å². The fourth-order valence-corrected chi connectivity index (χ4v) is 1.78. The van der Waals surface area contributed by atoms with Gasteiger partial charge in [-0.15, -0.1) is 24.0 Å². The molecule has 0 radical (unpaired) electrons. The van der Waals surface area contributed by atoms with Crippen LogP contribution in [-0.2, 0) is 11.3 Å². The average Bonchev–Trinajstić information content (AvgIpc) is 2.86. The van der Waals surface area contributed by atoms with E-state index in [1.807, 2.05) is 30.9 Å². The van der Waals surface area contributed by atoms with Crippen LogP contribution in [0.3, 0.4) is 0 Å². The number of aliphatic imine (C=N–C) groups is 1. The number of aromatic nitrogens is 2. The topological polar surface area (TPSA) is 63.5 Å². The van der Waals surface area contributed by atoms with Crippen molar-refractivity contribution in [2.75, 3.05) is 33.4 Å². The summed E-state index contributed by atoms with van der Waals surface area (Å²) in [4.78, 5) is 4.19. The largest absolute Gasteiger partial charge is 0.382 e. The standard InChI is InChI=1S/C14H27N5O.HI/c1-4-20-10-6-5-7-16-14(15-3)17-8-9-19-12-13(2)11-18-19;/h11-12H,4-10H2,1-3H3,(H2,15,16,17);1H. The van der Waals surface area contributed by atoms with Gasteiger partial charge in [0.1, 0.15) is 0 Å². The third-order valence-corrected chi connectivity index (χ3v) is 2.83. The Morgan fingerprint density at radius 2 is 2.10 bits per heavy atom. The Labute approximate surface area is 144 Å². The van der Waals surface area contributed by atoms with Gasteiger partial charge in [0.15, 0.2) is 5.96 Å². The molecular weight excluding hydrogens is 381 g/mol. The van der Waals surface area contributed by atoms with Crippen LogP contribution in [-0.4, -0.2) is 49.1 Å². The minimum atomic E-state index is 0. The molecule has 2 N–H and O–H groups in total. The first-order valence-corrected chi connectivity index (χ1v) is 7.27. The maximum absolute atomic E-state index is 5.30. The van der Waals surface area contributed by atoms with E-state index in [0.717, 1.165) is 51.6 Å². The lowest BCUT2D eigenvalue weighted by Crippen LogP contribution is -2.39. The summed E-state index contributed by atoms with van der Waals surface area (Å²) >= 11 is 0. The molecule has 0 bridgehead atoms. The van der Waals surface area contributed by atoms with Crippen LogP contribution >= 0.6 is 24.0 Å². The number of halogens is 1. The summed E-state index contributed by atoms with van der Waals surface area (Å²) in [6.45, 7) is 8.24. The van der Waals surface area contributed by atoms with Crippen LogP contribution in [0.15, 0.2) is 17.4 Å². The highest BCUT2D eigenvalue weighted by Crippen LogP contribution is 1.93. The second-order valence-corrected chi connectivity index (χ2v) is 4.61. The van der Waals surface area contributed by atoms with Crippen LogP contribution in [0, 0.1) is 6.92 Å². The molecule has 0 aliphatic heterocycles. The third kappa shape index (κ3) is 9.67. The van der Waals surface area contributed by atoms with Crippen LogP contribution in [0.5, 0.6) is 0 Å². The van der Waals surface area contributed by atoms with Gasteiger partial charge in [-0.1, -0.05) is 0 Å². The number of aryl methyl sites for hydroxylation is 1. The predicted molar refractivity (Wildman–Crippen MR) is 97.5 cm³/mol.